The molecule has 106 valence electrons. The van der Waals surface area contributed by atoms with Gasteiger partial charge in [-0.2, -0.15) is 0 Å². The molecule has 1 unspecified atom stereocenters. The van der Waals surface area contributed by atoms with Crippen LogP contribution in [-0.4, -0.2) is 27.7 Å². The van der Waals surface area contributed by atoms with E-state index in [0.29, 0.717) is 6.04 Å². The van der Waals surface area contributed by atoms with Gasteiger partial charge in [0.2, 0.25) is 0 Å². The molecule has 1 saturated heterocycles. The van der Waals surface area contributed by atoms with Crippen molar-refractivity contribution in [3.8, 4) is 11.4 Å². The summed E-state index contributed by atoms with van der Waals surface area (Å²) in [6, 6.07) is 8.68. The molecule has 4 heteroatoms. The highest BCUT2D eigenvalue weighted by Crippen LogP contribution is 2.33. The first-order chi connectivity index (χ1) is 10.3. The van der Waals surface area contributed by atoms with Crippen molar-refractivity contribution in [1.29, 1.82) is 0 Å². The molecule has 21 heavy (non-hydrogen) atoms. The molecule has 0 spiro atoms. The van der Waals surface area contributed by atoms with E-state index in [1.807, 2.05) is 18.5 Å². The first kappa shape index (κ1) is 12.5. The number of nitrogens with zero attached hydrogens (tertiary/aromatic N) is 3. The van der Waals surface area contributed by atoms with Gasteiger partial charge in [0.1, 0.15) is 5.82 Å². The Morgan fingerprint density at radius 2 is 2.14 bits per heavy atom. The van der Waals surface area contributed by atoms with Gasteiger partial charge in [-0.25, -0.2) is 4.98 Å². The van der Waals surface area contributed by atoms with Crippen LogP contribution in [0.2, 0.25) is 0 Å². The first-order valence-corrected chi connectivity index (χ1v) is 7.30. The number of hydrogen-bond acceptors (Lipinski definition) is 3. The van der Waals surface area contributed by atoms with Crippen LogP contribution in [0.3, 0.4) is 0 Å². The maximum atomic E-state index is 5.53. The van der Waals surface area contributed by atoms with E-state index in [9.17, 15) is 0 Å². The van der Waals surface area contributed by atoms with Crippen LogP contribution in [0.1, 0.15) is 18.0 Å². The molecule has 1 atom stereocenters. The molecule has 1 aliphatic rings. The van der Waals surface area contributed by atoms with Crippen molar-refractivity contribution in [2.45, 2.75) is 19.4 Å². The average molecular weight is 279 g/mol. The third-order valence-electron chi connectivity index (χ3n) is 4.18. The summed E-state index contributed by atoms with van der Waals surface area (Å²) < 4.78 is 7.78. The first-order valence-electron chi connectivity index (χ1n) is 7.30. The Kier molecular flexibility index (Phi) is 2.97. The lowest BCUT2D eigenvalue weighted by atomic mass is 10.0. The third kappa shape index (κ3) is 2.03. The predicted molar refractivity (Wildman–Crippen MR) is 82.2 cm³/mol. The summed E-state index contributed by atoms with van der Waals surface area (Å²) in [4.78, 5) is 9.08. The van der Waals surface area contributed by atoms with Crippen LogP contribution < -0.4 is 0 Å². The Bertz CT molecular complexity index is 788. The number of ether oxygens (including phenoxy) is 1. The van der Waals surface area contributed by atoms with Gasteiger partial charge in [-0.15, -0.1) is 0 Å². The number of benzene rings is 1. The summed E-state index contributed by atoms with van der Waals surface area (Å²) in [5.41, 5.74) is 3.41. The third-order valence-corrected chi connectivity index (χ3v) is 4.18. The summed E-state index contributed by atoms with van der Waals surface area (Å²) in [6.07, 6.45) is 6.82. The highest BCUT2D eigenvalue weighted by molar-refractivity contribution is 5.94. The van der Waals surface area contributed by atoms with Crippen LogP contribution in [-0.2, 0) is 4.74 Å². The molecule has 3 heterocycles. The quantitative estimate of drug-likeness (QED) is 0.722. The minimum atomic E-state index is 0.383. The predicted octanol–water partition coefficient (Wildman–Crippen LogP) is 3.37. The van der Waals surface area contributed by atoms with E-state index in [2.05, 4.69) is 45.9 Å². The van der Waals surface area contributed by atoms with E-state index >= 15 is 0 Å². The van der Waals surface area contributed by atoms with E-state index < -0.39 is 0 Å². The molecule has 0 radical (unpaired) electrons. The fraction of sp³-hybridized carbons (Fsp3) is 0.294. The van der Waals surface area contributed by atoms with Crippen molar-refractivity contribution in [2.75, 3.05) is 13.2 Å². The van der Waals surface area contributed by atoms with Crippen LogP contribution in [0, 0.1) is 6.92 Å². The number of imidazole rings is 1. The second-order valence-electron chi connectivity index (χ2n) is 5.50. The lowest BCUT2D eigenvalue weighted by Gasteiger charge is -2.16. The van der Waals surface area contributed by atoms with Gasteiger partial charge in [0, 0.05) is 36.1 Å². The van der Waals surface area contributed by atoms with E-state index in [-0.39, 0.29) is 0 Å². The Balaban J connectivity index is 1.95. The second-order valence-corrected chi connectivity index (χ2v) is 5.50. The summed E-state index contributed by atoms with van der Waals surface area (Å²) in [7, 11) is 0. The standard InChI is InChI=1S/C17H17N3O/c1-12-4-5-15-14(3-2-7-18-15)16(12)17-19-8-9-20(17)13-6-10-21-11-13/h2-5,7-9,13H,6,10-11H2,1H3. The molecule has 1 fully saturated rings. The summed E-state index contributed by atoms with van der Waals surface area (Å²) in [6.45, 7) is 3.73. The van der Waals surface area contributed by atoms with Crippen molar-refractivity contribution in [1.82, 2.24) is 14.5 Å². The monoisotopic (exact) mass is 279 g/mol. The number of rotatable bonds is 2. The van der Waals surface area contributed by atoms with Crippen molar-refractivity contribution >= 4 is 10.9 Å². The molecule has 0 amide bonds. The van der Waals surface area contributed by atoms with Crippen LogP contribution in [0.15, 0.2) is 42.9 Å². The molecule has 0 bridgehead atoms. The topological polar surface area (TPSA) is 39.9 Å². The molecular formula is C17H17N3O. The van der Waals surface area contributed by atoms with Crippen LogP contribution in [0.25, 0.3) is 22.3 Å². The van der Waals surface area contributed by atoms with Gasteiger partial charge in [-0.05, 0) is 31.0 Å². The zero-order chi connectivity index (χ0) is 14.2. The second kappa shape index (κ2) is 4.97. The largest absolute Gasteiger partial charge is 0.379 e. The molecule has 4 rings (SSSR count). The number of aromatic nitrogens is 3. The van der Waals surface area contributed by atoms with E-state index in [1.54, 1.807) is 0 Å². The Morgan fingerprint density at radius 3 is 3.00 bits per heavy atom. The number of pyridine rings is 1. The normalized spacial score (nSPS) is 18.4. The van der Waals surface area contributed by atoms with Gasteiger partial charge in [-0.1, -0.05) is 12.1 Å². The van der Waals surface area contributed by atoms with Crippen LogP contribution >= 0.6 is 0 Å². The molecule has 0 aliphatic carbocycles. The minimum Gasteiger partial charge on any atom is -0.379 e. The summed E-state index contributed by atoms with van der Waals surface area (Å²) in [5.74, 6) is 1.02. The zero-order valence-corrected chi connectivity index (χ0v) is 12.0. The van der Waals surface area contributed by atoms with Gasteiger partial charge in [-0.3, -0.25) is 4.98 Å². The fourth-order valence-electron chi connectivity index (χ4n) is 3.10. The molecular weight excluding hydrogens is 262 g/mol. The van der Waals surface area contributed by atoms with E-state index in [1.165, 1.54) is 11.1 Å². The van der Waals surface area contributed by atoms with Crippen molar-refractivity contribution < 1.29 is 4.74 Å². The van der Waals surface area contributed by atoms with Crippen molar-refractivity contribution in [3.63, 3.8) is 0 Å². The summed E-state index contributed by atoms with van der Waals surface area (Å²) in [5, 5.41) is 1.16. The van der Waals surface area contributed by atoms with E-state index in [0.717, 1.165) is 36.4 Å². The molecule has 1 aliphatic heterocycles. The maximum Gasteiger partial charge on any atom is 0.141 e. The number of aryl methyl sites for hydroxylation is 1. The van der Waals surface area contributed by atoms with Gasteiger partial charge in [0.25, 0.3) is 0 Å². The molecule has 0 saturated carbocycles. The SMILES string of the molecule is Cc1ccc2ncccc2c1-c1nccn1C1CCOC1. The van der Waals surface area contributed by atoms with Gasteiger partial charge in [0.05, 0.1) is 18.2 Å². The highest BCUT2D eigenvalue weighted by atomic mass is 16.5. The number of hydrogen-bond donors (Lipinski definition) is 0. The van der Waals surface area contributed by atoms with Crippen molar-refractivity contribution in [3.05, 3.63) is 48.4 Å². The Hall–Kier alpha value is -2.20. The maximum absolute atomic E-state index is 5.53. The van der Waals surface area contributed by atoms with Crippen LogP contribution in [0.5, 0.6) is 0 Å². The molecule has 1 aromatic carbocycles. The van der Waals surface area contributed by atoms with E-state index in [4.69, 9.17) is 4.74 Å². The smallest absolute Gasteiger partial charge is 0.141 e. The van der Waals surface area contributed by atoms with Crippen molar-refractivity contribution in [2.24, 2.45) is 0 Å². The van der Waals surface area contributed by atoms with Gasteiger partial charge < -0.3 is 9.30 Å². The lowest BCUT2D eigenvalue weighted by molar-refractivity contribution is 0.187. The van der Waals surface area contributed by atoms with Gasteiger partial charge >= 0.3 is 0 Å². The Morgan fingerprint density at radius 1 is 1.19 bits per heavy atom. The molecule has 3 aromatic rings. The Labute approximate surface area is 123 Å². The molecule has 0 N–H and O–H groups in total. The van der Waals surface area contributed by atoms with Crippen LogP contribution in [0.4, 0.5) is 0 Å². The minimum absolute atomic E-state index is 0.383. The average Bonchev–Trinajstić information content (AvgIpc) is 3.17. The highest BCUT2D eigenvalue weighted by Gasteiger charge is 2.22. The zero-order valence-electron chi connectivity index (χ0n) is 12.0. The fourth-order valence-corrected chi connectivity index (χ4v) is 3.10. The molecule has 4 nitrogen and oxygen atoms in total. The summed E-state index contributed by atoms with van der Waals surface area (Å²) >= 11 is 0. The molecule has 2 aromatic heterocycles. The lowest BCUT2D eigenvalue weighted by Crippen LogP contribution is -2.09. The number of fused-ring (bicyclic) bond motifs is 1. The van der Waals surface area contributed by atoms with Gasteiger partial charge in [0.15, 0.2) is 0 Å².